The molecule has 13 heteroatoms. The van der Waals surface area contributed by atoms with Crippen molar-refractivity contribution >= 4 is 53.7 Å². The first-order chi connectivity index (χ1) is 19.6. The number of nitrogens with one attached hydrogen (secondary N) is 2. The van der Waals surface area contributed by atoms with Crippen LogP contribution in [0.1, 0.15) is 80.6 Å². The van der Waals surface area contributed by atoms with Crippen molar-refractivity contribution in [2.45, 2.75) is 88.4 Å². The summed E-state index contributed by atoms with van der Waals surface area (Å²) in [5.74, 6) is 2.78. The zero-order valence-corrected chi connectivity index (χ0v) is 25.3. The van der Waals surface area contributed by atoms with E-state index in [9.17, 15) is 4.79 Å². The molecule has 2 aromatic heterocycles. The summed E-state index contributed by atoms with van der Waals surface area (Å²) in [4.78, 5) is 29.8. The van der Waals surface area contributed by atoms with Crippen LogP contribution in [0, 0.1) is 0 Å². The molecule has 1 saturated heterocycles. The summed E-state index contributed by atoms with van der Waals surface area (Å²) in [5, 5.41) is 7.29. The van der Waals surface area contributed by atoms with E-state index in [1.54, 1.807) is 6.07 Å². The zero-order chi connectivity index (χ0) is 27.1. The highest BCUT2D eigenvalue weighted by molar-refractivity contribution is 5.95. The summed E-state index contributed by atoms with van der Waals surface area (Å²) in [6.07, 6.45) is 12.5. The monoisotopic (exact) mass is 618 g/mol. The van der Waals surface area contributed by atoms with Crippen LogP contribution >= 0.6 is 24.8 Å². The Kier molecular flexibility index (Phi) is 9.49. The van der Waals surface area contributed by atoms with Crippen LogP contribution in [0.3, 0.4) is 0 Å². The summed E-state index contributed by atoms with van der Waals surface area (Å²) < 4.78 is 13.1. The molecule has 1 amide bonds. The molecule has 3 fully saturated rings. The molecule has 7 rings (SSSR count). The van der Waals surface area contributed by atoms with Crippen LogP contribution in [0.2, 0.25) is 0 Å². The summed E-state index contributed by atoms with van der Waals surface area (Å²) in [7, 11) is 0. The number of nitrogens with zero attached hydrogens (tertiary/aromatic N) is 5. The predicted molar refractivity (Wildman–Crippen MR) is 166 cm³/mol. The van der Waals surface area contributed by atoms with Crippen molar-refractivity contribution in [3.8, 4) is 11.5 Å². The van der Waals surface area contributed by atoms with Gasteiger partial charge in [-0.2, -0.15) is 9.97 Å². The molecule has 4 N–H and O–H groups in total. The van der Waals surface area contributed by atoms with Gasteiger partial charge in [0, 0.05) is 42.8 Å². The number of nitrogens with two attached hydrogens (primary N) is 1. The minimum Gasteiger partial charge on any atom is -0.454 e. The van der Waals surface area contributed by atoms with Gasteiger partial charge in [-0.05, 0) is 69.6 Å². The molecule has 11 nitrogen and oxygen atoms in total. The van der Waals surface area contributed by atoms with Crippen molar-refractivity contribution in [2.24, 2.45) is 5.73 Å². The van der Waals surface area contributed by atoms with Crippen molar-refractivity contribution in [3.63, 3.8) is 0 Å². The van der Waals surface area contributed by atoms with Crippen molar-refractivity contribution in [3.05, 3.63) is 30.1 Å². The molecule has 0 bridgehead atoms. The van der Waals surface area contributed by atoms with Crippen LogP contribution in [0.25, 0.3) is 11.2 Å². The number of likely N-dealkylation sites (tertiary alicyclic amines) is 1. The third-order valence-electron chi connectivity index (χ3n) is 8.99. The number of rotatable bonds is 6. The fraction of sp³-hybridized carbons (Fsp3) is 0.586. The molecule has 4 aliphatic rings. The number of anilines is 2. The van der Waals surface area contributed by atoms with Crippen LogP contribution < -0.4 is 25.8 Å². The number of fused-ring (bicyclic) bond motifs is 2. The van der Waals surface area contributed by atoms with Gasteiger partial charge in [-0.15, -0.1) is 24.8 Å². The van der Waals surface area contributed by atoms with Crippen molar-refractivity contribution < 1.29 is 14.3 Å². The van der Waals surface area contributed by atoms with E-state index in [0.717, 1.165) is 68.3 Å². The lowest BCUT2D eigenvalue weighted by Gasteiger charge is -2.33. The van der Waals surface area contributed by atoms with Gasteiger partial charge in [-0.25, -0.2) is 4.98 Å². The molecule has 0 spiro atoms. The summed E-state index contributed by atoms with van der Waals surface area (Å²) in [5.41, 5.74) is 8.48. The second kappa shape index (κ2) is 13.1. The minimum atomic E-state index is 0. The summed E-state index contributed by atoms with van der Waals surface area (Å²) in [6.45, 7) is 1.54. The maximum Gasteiger partial charge on any atom is 0.253 e. The SMILES string of the molecule is Cl.Cl.NC1CCC(Nc2nc(NC3CCN(C(=O)c4ccc5c(c4)OCO5)CC3)c3ncn(C4CCCC4)c3n2)CC1. The number of carbonyl (C=O) groups is 1. The van der Waals surface area contributed by atoms with Gasteiger partial charge in [0.05, 0.1) is 6.33 Å². The Labute approximate surface area is 258 Å². The lowest BCUT2D eigenvalue weighted by atomic mass is 9.92. The van der Waals surface area contributed by atoms with Gasteiger partial charge < -0.3 is 35.3 Å². The number of hydrogen-bond donors (Lipinski definition) is 3. The first kappa shape index (κ1) is 30.4. The van der Waals surface area contributed by atoms with E-state index >= 15 is 0 Å². The third kappa shape index (κ3) is 6.18. The number of carbonyl (C=O) groups excluding carboxylic acids is 1. The molecule has 3 aromatic rings. The van der Waals surface area contributed by atoms with Gasteiger partial charge in [-0.1, -0.05) is 12.8 Å². The largest absolute Gasteiger partial charge is 0.454 e. The van der Waals surface area contributed by atoms with Crippen molar-refractivity contribution in [1.82, 2.24) is 24.4 Å². The quantitative estimate of drug-likeness (QED) is 0.352. The maximum atomic E-state index is 13.2. The number of piperidine rings is 1. The molecular weight excluding hydrogens is 579 g/mol. The van der Waals surface area contributed by atoms with Gasteiger partial charge in [0.2, 0.25) is 12.7 Å². The van der Waals surface area contributed by atoms with Crippen LogP contribution in [-0.4, -0.2) is 68.3 Å². The van der Waals surface area contributed by atoms with E-state index in [4.69, 9.17) is 30.2 Å². The Balaban J connectivity index is 0.00000176. The average molecular weight is 620 g/mol. The molecule has 2 aliphatic heterocycles. The molecule has 0 unspecified atom stereocenters. The first-order valence-electron chi connectivity index (χ1n) is 14.8. The fourth-order valence-corrected chi connectivity index (χ4v) is 6.61. The Hall–Kier alpha value is -3.02. The second-order valence-corrected chi connectivity index (χ2v) is 11.7. The Morgan fingerprint density at radius 3 is 2.36 bits per heavy atom. The molecule has 0 atom stereocenters. The van der Waals surface area contributed by atoms with E-state index in [1.807, 2.05) is 23.4 Å². The van der Waals surface area contributed by atoms with E-state index < -0.39 is 0 Å². The molecule has 2 aliphatic carbocycles. The number of halogens is 2. The number of amides is 1. The Morgan fingerprint density at radius 1 is 0.881 bits per heavy atom. The smallest absolute Gasteiger partial charge is 0.253 e. The first-order valence-corrected chi connectivity index (χ1v) is 14.8. The topological polar surface area (TPSA) is 132 Å². The van der Waals surface area contributed by atoms with Gasteiger partial charge >= 0.3 is 0 Å². The Morgan fingerprint density at radius 2 is 1.60 bits per heavy atom. The highest BCUT2D eigenvalue weighted by Gasteiger charge is 2.28. The van der Waals surface area contributed by atoms with Crippen LogP contribution in [0.5, 0.6) is 11.5 Å². The van der Waals surface area contributed by atoms with E-state index in [1.165, 1.54) is 12.8 Å². The molecule has 42 heavy (non-hydrogen) atoms. The molecule has 4 heterocycles. The number of hydrogen-bond acceptors (Lipinski definition) is 9. The molecule has 1 aromatic carbocycles. The minimum absolute atomic E-state index is 0. The number of imidazole rings is 1. The van der Waals surface area contributed by atoms with E-state index in [2.05, 4.69) is 15.2 Å². The zero-order valence-electron chi connectivity index (χ0n) is 23.7. The third-order valence-corrected chi connectivity index (χ3v) is 8.99. The van der Waals surface area contributed by atoms with Gasteiger partial charge in [0.15, 0.2) is 28.5 Å². The summed E-state index contributed by atoms with van der Waals surface area (Å²) in [6, 6.07) is 6.66. The van der Waals surface area contributed by atoms with Crippen LogP contribution in [0.4, 0.5) is 11.8 Å². The molecular formula is C29H40Cl2N8O3. The molecule has 2 saturated carbocycles. The predicted octanol–water partition coefficient (Wildman–Crippen LogP) is 4.91. The number of aromatic nitrogens is 4. The van der Waals surface area contributed by atoms with Gasteiger partial charge in [0.25, 0.3) is 5.91 Å². The molecule has 0 radical (unpaired) electrons. The number of ether oxygens (including phenoxy) is 2. The maximum absolute atomic E-state index is 13.2. The lowest BCUT2D eigenvalue weighted by Crippen LogP contribution is -2.42. The average Bonchev–Trinajstić information content (AvgIpc) is 3.75. The highest BCUT2D eigenvalue weighted by atomic mass is 35.5. The van der Waals surface area contributed by atoms with Crippen LogP contribution in [-0.2, 0) is 0 Å². The highest BCUT2D eigenvalue weighted by Crippen LogP contribution is 2.35. The Bertz CT molecular complexity index is 1380. The lowest BCUT2D eigenvalue weighted by molar-refractivity contribution is 0.0718. The fourth-order valence-electron chi connectivity index (χ4n) is 6.61. The van der Waals surface area contributed by atoms with E-state index in [-0.39, 0.29) is 43.6 Å². The summed E-state index contributed by atoms with van der Waals surface area (Å²) >= 11 is 0. The van der Waals surface area contributed by atoms with Gasteiger partial charge in [-0.3, -0.25) is 4.79 Å². The van der Waals surface area contributed by atoms with Gasteiger partial charge in [0.1, 0.15) is 0 Å². The second-order valence-electron chi connectivity index (χ2n) is 11.7. The number of benzene rings is 1. The standard InChI is InChI=1S/C29H38N8O3.2ClH/c30-19-6-8-20(9-7-19)33-29-34-26(25-27(35-29)37(16-31-25)22-3-1-2-4-22)32-21-11-13-36(14-12-21)28(38)18-5-10-23-24(15-18)40-17-39-23;;/h5,10,15-16,19-22H,1-4,6-9,11-14,17,30H2,(H2,32,33,34,35);2*1H. The molecule has 228 valence electrons. The normalized spacial score (nSPS) is 22.5. The van der Waals surface area contributed by atoms with Crippen molar-refractivity contribution in [2.75, 3.05) is 30.5 Å². The van der Waals surface area contributed by atoms with Crippen LogP contribution in [0.15, 0.2) is 24.5 Å². The van der Waals surface area contributed by atoms with E-state index in [0.29, 0.717) is 54.2 Å². The van der Waals surface area contributed by atoms with Crippen molar-refractivity contribution in [1.29, 1.82) is 0 Å².